The molecule has 0 aliphatic rings. The molecule has 3 aromatic heterocycles. The minimum Gasteiger partial charge on any atom is -0.504 e. The van der Waals surface area contributed by atoms with Crippen molar-refractivity contribution in [1.82, 2.24) is 14.5 Å². The standard InChI is InChI=1S/C33H23FN4O.Pt/c1-33(2,3)22-12-14-37-32(17-22)38-30-11-8-23(34)18-28(30)27-10-9-25(20-31(27)38)39-26-16-21(15-24(19-26)35-4)29-7-5-6-13-36-29;/h5-15,17-19H,1-3H3;/q-2;+2. The molecule has 0 spiro atoms. The molecule has 5 nitrogen and oxygen atoms in total. The molecule has 0 amide bonds. The number of pyridine rings is 2. The van der Waals surface area contributed by atoms with Gasteiger partial charge in [0.1, 0.15) is 17.3 Å². The number of hydrogen-bond acceptors (Lipinski definition) is 3. The summed E-state index contributed by atoms with van der Waals surface area (Å²) in [6.45, 7) is 14.0. The fraction of sp³-hybridized carbons (Fsp3) is 0.121. The molecular weight excluding hydrogens is 682 g/mol. The molecular formula is C33H23FN4OPt. The van der Waals surface area contributed by atoms with Crippen LogP contribution in [0, 0.1) is 24.5 Å². The molecule has 0 atom stereocenters. The summed E-state index contributed by atoms with van der Waals surface area (Å²) in [7, 11) is 0. The van der Waals surface area contributed by atoms with Crippen molar-refractivity contribution in [3.05, 3.63) is 120 Å². The second kappa shape index (κ2) is 10.7. The van der Waals surface area contributed by atoms with E-state index in [1.165, 1.54) is 12.1 Å². The van der Waals surface area contributed by atoms with Gasteiger partial charge in [-0.15, -0.1) is 29.1 Å². The molecule has 0 radical (unpaired) electrons. The number of ether oxygens (including phenoxy) is 1. The van der Waals surface area contributed by atoms with Crippen LogP contribution in [0.2, 0.25) is 0 Å². The van der Waals surface area contributed by atoms with Gasteiger partial charge in [-0.25, -0.2) is 9.37 Å². The Morgan fingerprint density at radius 1 is 0.875 bits per heavy atom. The van der Waals surface area contributed by atoms with Gasteiger partial charge in [0.15, 0.2) is 0 Å². The average molecular weight is 706 g/mol. The van der Waals surface area contributed by atoms with Gasteiger partial charge in [-0.2, -0.15) is 6.07 Å². The summed E-state index contributed by atoms with van der Waals surface area (Å²) >= 11 is 0. The van der Waals surface area contributed by atoms with Crippen LogP contribution >= 0.6 is 0 Å². The minimum absolute atomic E-state index is 0. The minimum atomic E-state index is -0.314. The number of halogens is 1. The maximum absolute atomic E-state index is 14.3. The third kappa shape index (κ3) is 5.13. The quantitative estimate of drug-likeness (QED) is 0.173. The first-order valence-corrected chi connectivity index (χ1v) is 12.5. The maximum Gasteiger partial charge on any atom is 2.00 e. The zero-order valence-electron chi connectivity index (χ0n) is 22.0. The van der Waals surface area contributed by atoms with E-state index in [2.05, 4.69) is 53.8 Å². The fourth-order valence-corrected chi connectivity index (χ4v) is 4.63. The summed E-state index contributed by atoms with van der Waals surface area (Å²) in [5.74, 6) is 1.21. The van der Waals surface area contributed by atoms with Crippen LogP contribution in [0.5, 0.6) is 11.5 Å². The molecule has 0 fully saturated rings. The number of aromatic nitrogens is 3. The Bertz CT molecular complexity index is 1900. The molecule has 6 aromatic rings. The molecule has 0 N–H and O–H groups in total. The van der Waals surface area contributed by atoms with E-state index >= 15 is 0 Å². The second-order valence-electron chi connectivity index (χ2n) is 10.3. The topological polar surface area (TPSA) is 44.3 Å². The number of rotatable bonds is 4. The smallest absolute Gasteiger partial charge is 0.504 e. The van der Waals surface area contributed by atoms with Crippen LogP contribution in [-0.4, -0.2) is 14.5 Å². The monoisotopic (exact) mass is 705 g/mol. The van der Waals surface area contributed by atoms with Crippen molar-refractivity contribution in [1.29, 1.82) is 0 Å². The molecule has 0 aliphatic carbocycles. The van der Waals surface area contributed by atoms with E-state index in [0.717, 1.165) is 21.9 Å². The first-order chi connectivity index (χ1) is 18.8. The van der Waals surface area contributed by atoms with Crippen LogP contribution < -0.4 is 4.74 Å². The molecule has 6 rings (SSSR count). The summed E-state index contributed by atoms with van der Waals surface area (Å²) in [5, 5.41) is 1.59. The van der Waals surface area contributed by atoms with Crippen molar-refractivity contribution in [2.75, 3.05) is 0 Å². The van der Waals surface area contributed by atoms with E-state index in [4.69, 9.17) is 11.3 Å². The van der Waals surface area contributed by atoms with Gasteiger partial charge in [0.05, 0.1) is 6.57 Å². The predicted octanol–water partition coefficient (Wildman–Crippen LogP) is 8.62. The van der Waals surface area contributed by atoms with Crippen LogP contribution in [0.3, 0.4) is 0 Å². The molecule has 0 saturated heterocycles. The van der Waals surface area contributed by atoms with Crippen LogP contribution in [-0.2, 0) is 26.5 Å². The zero-order valence-corrected chi connectivity index (χ0v) is 24.2. The van der Waals surface area contributed by atoms with E-state index in [1.807, 2.05) is 34.9 Å². The number of nitrogens with zero attached hydrogens (tertiary/aromatic N) is 4. The average Bonchev–Trinajstić information content (AvgIpc) is 3.25. The van der Waals surface area contributed by atoms with Crippen molar-refractivity contribution in [2.45, 2.75) is 26.2 Å². The van der Waals surface area contributed by atoms with E-state index in [-0.39, 0.29) is 32.3 Å². The number of hydrogen-bond donors (Lipinski definition) is 0. The molecule has 0 aliphatic heterocycles. The van der Waals surface area contributed by atoms with Crippen LogP contribution in [0.4, 0.5) is 10.1 Å². The van der Waals surface area contributed by atoms with Crippen molar-refractivity contribution >= 4 is 27.5 Å². The molecule has 3 aromatic carbocycles. The van der Waals surface area contributed by atoms with Crippen molar-refractivity contribution < 1.29 is 30.2 Å². The van der Waals surface area contributed by atoms with Crippen LogP contribution in [0.1, 0.15) is 26.3 Å². The van der Waals surface area contributed by atoms with Gasteiger partial charge in [0.2, 0.25) is 0 Å². The van der Waals surface area contributed by atoms with Gasteiger partial charge in [-0.05, 0) is 58.5 Å². The van der Waals surface area contributed by atoms with Gasteiger partial charge < -0.3 is 14.3 Å². The maximum atomic E-state index is 14.3. The van der Waals surface area contributed by atoms with E-state index < -0.39 is 0 Å². The molecule has 3 heterocycles. The fourth-order valence-electron chi connectivity index (χ4n) is 4.63. The van der Waals surface area contributed by atoms with Crippen molar-refractivity contribution in [3.63, 3.8) is 0 Å². The first kappa shape index (κ1) is 27.2. The van der Waals surface area contributed by atoms with Crippen molar-refractivity contribution in [2.24, 2.45) is 0 Å². The summed E-state index contributed by atoms with van der Waals surface area (Å²) in [6.07, 6.45) is 3.49. The van der Waals surface area contributed by atoms with E-state index in [1.54, 1.807) is 36.7 Å². The largest absolute Gasteiger partial charge is 2.00 e. The number of benzene rings is 3. The summed E-state index contributed by atoms with van der Waals surface area (Å²) < 4.78 is 22.5. The zero-order chi connectivity index (χ0) is 27.1. The van der Waals surface area contributed by atoms with E-state index in [0.29, 0.717) is 39.8 Å². The van der Waals surface area contributed by atoms with Gasteiger partial charge in [0, 0.05) is 29.4 Å². The van der Waals surface area contributed by atoms with Crippen molar-refractivity contribution in [3.8, 4) is 28.6 Å². The van der Waals surface area contributed by atoms with Gasteiger partial charge in [0.25, 0.3) is 0 Å². The predicted molar refractivity (Wildman–Crippen MR) is 151 cm³/mol. The molecule has 7 heteroatoms. The van der Waals surface area contributed by atoms with Gasteiger partial charge in [-0.3, -0.25) is 4.85 Å². The van der Waals surface area contributed by atoms with Gasteiger partial charge in [-0.1, -0.05) is 50.6 Å². The third-order valence-corrected chi connectivity index (χ3v) is 6.57. The normalized spacial score (nSPS) is 11.3. The SMILES string of the molecule is [C-]#[N+]c1cc(Oc2[c-]c3c(cc2)c2cc(F)ccc2n3-c2cc(C(C)(C)C)ccn2)[c-]c(-c2ccccn2)c1.[Pt+2]. The molecule has 0 unspecified atom stereocenters. The molecule has 0 saturated carbocycles. The number of fused-ring (bicyclic) bond motifs is 3. The first-order valence-electron chi connectivity index (χ1n) is 12.5. The Hall–Kier alpha value is -4.33. The Labute approximate surface area is 246 Å². The summed E-state index contributed by atoms with van der Waals surface area (Å²) in [6, 6.07) is 28.0. The summed E-state index contributed by atoms with van der Waals surface area (Å²) in [4.78, 5) is 12.6. The van der Waals surface area contributed by atoms with Crippen LogP contribution in [0.15, 0.2) is 85.2 Å². The van der Waals surface area contributed by atoms with E-state index in [9.17, 15) is 4.39 Å². The summed E-state index contributed by atoms with van der Waals surface area (Å²) in [5.41, 5.74) is 4.35. The Morgan fingerprint density at radius 2 is 1.73 bits per heavy atom. The molecule has 40 heavy (non-hydrogen) atoms. The van der Waals surface area contributed by atoms with Gasteiger partial charge >= 0.3 is 21.1 Å². The Balaban J connectivity index is 0.00000323. The Kier molecular flexibility index (Phi) is 7.27. The second-order valence-corrected chi connectivity index (χ2v) is 10.3. The third-order valence-electron chi connectivity index (χ3n) is 6.57. The Morgan fingerprint density at radius 3 is 2.48 bits per heavy atom. The van der Waals surface area contributed by atoms with Crippen LogP contribution in [0.25, 0.3) is 43.7 Å². The molecule has 198 valence electrons. The molecule has 0 bridgehead atoms.